The number of methoxy groups -OCH3 is 1. The molecule has 1 N–H and O–H groups in total. The Bertz CT molecular complexity index is 1260. The predicted molar refractivity (Wildman–Crippen MR) is 130 cm³/mol. The van der Waals surface area contributed by atoms with Gasteiger partial charge in [-0.1, -0.05) is 12.1 Å². The number of nitro benzene ring substituents is 1. The molecule has 0 saturated heterocycles. The maximum atomic E-state index is 12.5. The lowest BCUT2D eigenvalue weighted by Gasteiger charge is -2.10. The number of carbonyl (C=O) groups excluding carboxylic acids is 2. The first-order valence-corrected chi connectivity index (χ1v) is 10.7. The number of esters is 1. The van der Waals surface area contributed by atoms with E-state index in [0.717, 1.165) is 0 Å². The molecule has 0 spiro atoms. The van der Waals surface area contributed by atoms with Crippen molar-refractivity contribution < 1.29 is 33.5 Å². The SMILES string of the molecule is CCOc1ccc(C(=O)Oc2ccc(/C=N\NC(=O)COc3ccccc3[N+](=O)[O-])cc2OC)cc1. The van der Waals surface area contributed by atoms with Gasteiger partial charge in [0.1, 0.15) is 5.75 Å². The molecule has 0 atom stereocenters. The topological polar surface area (TPSA) is 139 Å². The number of amides is 1. The molecule has 0 fully saturated rings. The quantitative estimate of drug-likeness (QED) is 0.140. The average Bonchev–Trinajstić information content (AvgIpc) is 2.89. The highest BCUT2D eigenvalue weighted by atomic mass is 16.6. The molecule has 0 aromatic heterocycles. The van der Waals surface area contributed by atoms with E-state index in [1.54, 1.807) is 42.5 Å². The number of hydrogen-bond donors (Lipinski definition) is 1. The number of hydrogen-bond acceptors (Lipinski definition) is 9. The third-order valence-electron chi connectivity index (χ3n) is 4.61. The van der Waals surface area contributed by atoms with Crippen LogP contribution in [0.15, 0.2) is 71.8 Å². The zero-order valence-electron chi connectivity index (χ0n) is 19.5. The van der Waals surface area contributed by atoms with E-state index in [-0.39, 0.29) is 22.9 Å². The van der Waals surface area contributed by atoms with Crippen LogP contribution in [-0.4, -0.2) is 43.3 Å². The lowest BCUT2D eigenvalue weighted by molar-refractivity contribution is -0.385. The fourth-order valence-corrected chi connectivity index (χ4v) is 2.95. The molecule has 186 valence electrons. The minimum atomic E-state index is -0.614. The summed E-state index contributed by atoms with van der Waals surface area (Å²) in [7, 11) is 1.42. The summed E-state index contributed by atoms with van der Waals surface area (Å²) in [6.07, 6.45) is 1.35. The van der Waals surface area contributed by atoms with Gasteiger partial charge >= 0.3 is 11.7 Å². The summed E-state index contributed by atoms with van der Waals surface area (Å²) in [6.45, 7) is 1.92. The van der Waals surface area contributed by atoms with Crippen LogP contribution in [0.5, 0.6) is 23.0 Å². The second kappa shape index (κ2) is 12.5. The fraction of sp³-hybridized carbons (Fsp3) is 0.160. The maximum Gasteiger partial charge on any atom is 0.343 e. The number of para-hydroxylation sites is 2. The van der Waals surface area contributed by atoms with Crippen molar-refractivity contribution in [1.82, 2.24) is 5.43 Å². The summed E-state index contributed by atoms with van der Waals surface area (Å²) in [4.78, 5) is 34.8. The van der Waals surface area contributed by atoms with Crippen molar-refractivity contribution in [2.24, 2.45) is 5.10 Å². The molecule has 0 heterocycles. The third-order valence-corrected chi connectivity index (χ3v) is 4.61. The molecule has 3 aromatic carbocycles. The minimum absolute atomic E-state index is 0.0262. The number of nitrogens with zero attached hydrogens (tertiary/aromatic N) is 2. The smallest absolute Gasteiger partial charge is 0.343 e. The Morgan fingerprint density at radius 1 is 1.00 bits per heavy atom. The standard InChI is InChI=1S/C25H23N3O8/c1-3-34-19-11-9-18(10-12-19)25(30)36-22-13-8-17(14-23(22)33-2)15-26-27-24(29)16-35-21-7-5-4-6-20(21)28(31)32/h4-15H,3,16H2,1-2H3,(H,27,29)/b26-15-. The number of benzene rings is 3. The number of nitro groups is 1. The predicted octanol–water partition coefficient (Wildman–Crippen LogP) is 3.75. The average molecular weight is 493 g/mol. The third kappa shape index (κ3) is 7.03. The molecule has 1 amide bonds. The second-order valence-corrected chi connectivity index (χ2v) is 7.06. The molecular formula is C25H23N3O8. The van der Waals surface area contributed by atoms with E-state index >= 15 is 0 Å². The number of hydrazone groups is 1. The van der Waals surface area contributed by atoms with Crippen molar-refractivity contribution in [3.63, 3.8) is 0 Å². The first kappa shape index (κ1) is 25.7. The molecule has 0 aliphatic heterocycles. The molecular weight excluding hydrogens is 470 g/mol. The second-order valence-electron chi connectivity index (χ2n) is 7.06. The van der Waals surface area contributed by atoms with Crippen LogP contribution in [0.4, 0.5) is 5.69 Å². The highest BCUT2D eigenvalue weighted by Crippen LogP contribution is 2.29. The van der Waals surface area contributed by atoms with Crippen LogP contribution in [-0.2, 0) is 4.79 Å². The van der Waals surface area contributed by atoms with E-state index in [4.69, 9.17) is 18.9 Å². The van der Waals surface area contributed by atoms with Crippen LogP contribution in [0.3, 0.4) is 0 Å². The minimum Gasteiger partial charge on any atom is -0.494 e. The summed E-state index contributed by atoms with van der Waals surface area (Å²) in [6, 6.07) is 17.0. The highest BCUT2D eigenvalue weighted by Gasteiger charge is 2.15. The van der Waals surface area contributed by atoms with Gasteiger partial charge in [0.2, 0.25) is 0 Å². The maximum absolute atomic E-state index is 12.5. The van der Waals surface area contributed by atoms with Crippen molar-refractivity contribution in [1.29, 1.82) is 0 Å². The molecule has 3 rings (SSSR count). The Morgan fingerprint density at radius 2 is 1.75 bits per heavy atom. The Kier molecular flexibility index (Phi) is 8.93. The molecule has 3 aromatic rings. The fourth-order valence-electron chi connectivity index (χ4n) is 2.95. The molecule has 0 unspecified atom stereocenters. The van der Waals surface area contributed by atoms with Gasteiger partial charge < -0.3 is 18.9 Å². The zero-order valence-corrected chi connectivity index (χ0v) is 19.5. The normalized spacial score (nSPS) is 10.5. The van der Waals surface area contributed by atoms with E-state index in [0.29, 0.717) is 23.5 Å². The summed E-state index contributed by atoms with van der Waals surface area (Å²) in [5.74, 6) is -0.0716. The van der Waals surface area contributed by atoms with E-state index in [1.165, 1.54) is 37.6 Å². The molecule has 0 radical (unpaired) electrons. The summed E-state index contributed by atoms with van der Waals surface area (Å²) in [5.41, 5.74) is 2.92. The van der Waals surface area contributed by atoms with Gasteiger partial charge in [-0.2, -0.15) is 5.10 Å². The summed E-state index contributed by atoms with van der Waals surface area (Å²) < 4.78 is 21.3. The largest absolute Gasteiger partial charge is 0.494 e. The van der Waals surface area contributed by atoms with E-state index in [9.17, 15) is 19.7 Å². The van der Waals surface area contributed by atoms with Crippen molar-refractivity contribution in [2.75, 3.05) is 20.3 Å². The van der Waals surface area contributed by atoms with Crippen molar-refractivity contribution >= 4 is 23.8 Å². The van der Waals surface area contributed by atoms with Crippen molar-refractivity contribution in [3.05, 3.63) is 88.0 Å². The Labute approximate surface area is 206 Å². The van der Waals surface area contributed by atoms with Crippen LogP contribution in [0.25, 0.3) is 0 Å². The van der Waals surface area contributed by atoms with Gasteiger partial charge in [-0.25, -0.2) is 10.2 Å². The summed E-state index contributed by atoms with van der Waals surface area (Å²) in [5, 5.41) is 14.8. The molecule has 11 nitrogen and oxygen atoms in total. The molecule has 36 heavy (non-hydrogen) atoms. The first-order chi connectivity index (χ1) is 17.4. The van der Waals surface area contributed by atoms with E-state index in [1.807, 2.05) is 6.92 Å². The van der Waals surface area contributed by atoms with Gasteiger partial charge in [0.05, 0.1) is 30.4 Å². The van der Waals surface area contributed by atoms with Crippen LogP contribution < -0.4 is 24.4 Å². The Morgan fingerprint density at radius 3 is 2.44 bits per heavy atom. The lowest BCUT2D eigenvalue weighted by atomic mass is 10.2. The van der Waals surface area contributed by atoms with Crippen LogP contribution >= 0.6 is 0 Å². The molecule has 0 bridgehead atoms. The number of nitrogens with one attached hydrogen (secondary N) is 1. The van der Waals surface area contributed by atoms with Gasteiger partial charge in [0.25, 0.3) is 5.91 Å². The van der Waals surface area contributed by atoms with Crippen molar-refractivity contribution in [2.45, 2.75) is 6.92 Å². The Balaban J connectivity index is 1.57. The van der Waals surface area contributed by atoms with Gasteiger partial charge in [0, 0.05) is 6.07 Å². The molecule has 0 aliphatic carbocycles. The number of rotatable bonds is 11. The van der Waals surface area contributed by atoms with Gasteiger partial charge in [-0.3, -0.25) is 14.9 Å². The van der Waals surface area contributed by atoms with Gasteiger partial charge in [-0.05, 0) is 61.0 Å². The number of ether oxygens (including phenoxy) is 4. The van der Waals surface area contributed by atoms with E-state index in [2.05, 4.69) is 10.5 Å². The monoisotopic (exact) mass is 493 g/mol. The zero-order chi connectivity index (χ0) is 25.9. The van der Waals surface area contributed by atoms with Crippen LogP contribution in [0.1, 0.15) is 22.8 Å². The number of carbonyl (C=O) groups is 2. The van der Waals surface area contributed by atoms with Gasteiger partial charge in [-0.15, -0.1) is 0 Å². The van der Waals surface area contributed by atoms with Gasteiger partial charge in [0.15, 0.2) is 23.9 Å². The van der Waals surface area contributed by atoms with E-state index < -0.39 is 23.4 Å². The highest BCUT2D eigenvalue weighted by molar-refractivity contribution is 5.92. The van der Waals surface area contributed by atoms with Crippen molar-refractivity contribution in [3.8, 4) is 23.0 Å². The van der Waals surface area contributed by atoms with Crippen LogP contribution in [0, 0.1) is 10.1 Å². The molecule has 0 saturated carbocycles. The summed E-state index contributed by atoms with van der Waals surface area (Å²) >= 11 is 0. The lowest BCUT2D eigenvalue weighted by Crippen LogP contribution is -2.24. The van der Waals surface area contributed by atoms with Crippen LogP contribution in [0.2, 0.25) is 0 Å². The first-order valence-electron chi connectivity index (χ1n) is 10.7. The molecule has 0 aliphatic rings. The molecule has 11 heteroatoms. The Hall–Kier alpha value is -4.93.